The van der Waals surface area contributed by atoms with E-state index in [2.05, 4.69) is 17.4 Å². The van der Waals surface area contributed by atoms with E-state index in [1.54, 1.807) is 38.1 Å². The molecule has 4 rings (SSSR count). The van der Waals surface area contributed by atoms with E-state index in [0.29, 0.717) is 11.4 Å². The maximum atomic E-state index is 12.9. The van der Waals surface area contributed by atoms with Gasteiger partial charge in [0.25, 0.3) is 5.91 Å². The minimum atomic E-state index is -1.09. The largest absolute Gasteiger partial charge is 0.455 e. The Bertz CT molecular complexity index is 1010. The highest BCUT2D eigenvalue weighted by atomic mass is 16.5. The van der Waals surface area contributed by atoms with E-state index in [1.165, 1.54) is 28.9 Å². The molecule has 156 valence electrons. The molecule has 0 aromatic heterocycles. The Labute approximate surface area is 176 Å². The minimum Gasteiger partial charge on any atom is -0.455 e. The lowest BCUT2D eigenvalue weighted by Crippen LogP contribution is -2.59. The van der Waals surface area contributed by atoms with Gasteiger partial charge in [-0.05, 0) is 68.4 Å². The van der Waals surface area contributed by atoms with Crippen LogP contribution in [0.2, 0.25) is 0 Å². The van der Waals surface area contributed by atoms with Crippen molar-refractivity contribution in [2.45, 2.75) is 51.5 Å². The molecule has 2 aromatic rings. The van der Waals surface area contributed by atoms with E-state index in [1.807, 2.05) is 6.07 Å². The Morgan fingerprint density at radius 3 is 2.60 bits per heavy atom. The number of nitrogens with one attached hydrogen (secondary N) is 1. The first-order chi connectivity index (χ1) is 14.4. The number of rotatable bonds is 4. The van der Waals surface area contributed by atoms with Crippen LogP contribution in [0.3, 0.4) is 0 Å². The summed E-state index contributed by atoms with van der Waals surface area (Å²) in [5.41, 5.74) is 3.64. The second-order valence-corrected chi connectivity index (χ2v) is 8.41. The number of amides is 2. The van der Waals surface area contributed by atoms with Crippen LogP contribution in [-0.2, 0) is 38.4 Å². The van der Waals surface area contributed by atoms with Crippen LogP contribution in [0.1, 0.15) is 43.4 Å². The summed E-state index contributed by atoms with van der Waals surface area (Å²) in [6.07, 6.45) is 4.65. The van der Waals surface area contributed by atoms with Gasteiger partial charge in [-0.25, -0.2) is 0 Å². The van der Waals surface area contributed by atoms with Crippen molar-refractivity contribution in [1.82, 2.24) is 0 Å². The average molecular weight is 406 g/mol. The normalized spacial score (nSPS) is 16.9. The molecule has 0 atom stereocenters. The maximum absolute atomic E-state index is 12.9. The summed E-state index contributed by atoms with van der Waals surface area (Å²) in [6, 6.07) is 13.2. The quantitative estimate of drug-likeness (QED) is 0.790. The topological polar surface area (TPSA) is 75.7 Å². The molecule has 0 spiro atoms. The van der Waals surface area contributed by atoms with Crippen molar-refractivity contribution in [2.24, 2.45) is 0 Å². The van der Waals surface area contributed by atoms with Gasteiger partial charge in [-0.3, -0.25) is 19.3 Å². The summed E-state index contributed by atoms with van der Waals surface area (Å²) >= 11 is 0. The molecule has 0 fully saturated rings. The van der Waals surface area contributed by atoms with Gasteiger partial charge >= 0.3 is 5.97 Å². The van der Waals surface area contributed by atoms with Crippen molar-refractivity contribution < 1.29 is 19.1 Å². The van der Waals surface area contributed by atoms with Crippen LogP contribution in [-0.4, -0.2) is 29.9 Å². The van der Waals surface area contributed by atoms with Crippen molar-refractivity contribution in [1.29, 1.82) is 0 Å². The highest BCUT2D eigenvalue weighted by Crippen LogP contribution is 2.36. The number of benzene rings is 2. The molecule has 2 aromatic carbocycles. The molecule has 0 radical (unpaired) electrons. The average Bonchev–Trinajstić information content (AvgIpc) is 2.73. The SMILES string of the molecule is CC1(C)C(=O)Nc2ccccc2N1C(=O)COC(=O)Cc1ccc2c(c1)CCCC2. The molecule has 1 heterocycles. The zero-order valence-corrected chi connectivity index (χ0v) is 17.4. The Morgan fingerprint density at radius 2 is 1.80 bits per heavy atom. The van der Waals surface area contributed by atoms with Crippen LogP contribution in [0.4, 0.5) is 11.4 Å². The Morgan fingerprint density at radius 1 is 1.07 bits per heavy atom. The lowest BCUT2D eigenvalue weighted by atomic mass is 9.90. The molecule has 1 N–H and O–H groups in total. The van der Waals surface area contributed by atoms with Crippen LogP contribution in [0.15, 0.2) is 42.5 Å². The predicted octanol–water partition coefficient (Wildman–Crippen LogP) is 3.42. The summed E-state index contributed by atoms with van der Waals surface area (Å²) in [5, 5.41) is 2.82. The molecule has 1 aliphatic carbocycles. The number of nitrogens with zero attached hydrogens (tertiary/aromatic N) is 1. The van der Waals surface area contributed by atoms with E-state index in [9.17, 15) is 14.4 Å². The Kier molecular flexibility index (Phi) is 5.33. The predicted molar refractivity (Wildman–Crippen MR) is 114 cm³/mol. The van der Waals surface area contributed by atoms with Crippen molar-refractivity contribution in [3.05, 3.63) is 59.2 Å². The molecule has 6 heteroatoms. The van der Waals surface area contributed by atoms with E-state index >= 15 is 0 Å². The molecule has 0 saturated carbocycles. The molecular formula is C24H26N2O4. The Hall–Kier alpha value is -3.15. The van der Waals surface area contributed by atoms with Crippen LogP contribution in [0, 0.1) is 0 Å². The van der Waals surface area contributed by atoms with Crippen molar-refractivity contribution in [2.75, 3.05) is 16.8 Å². The zero-order valence-electron chi connectivity index (χ0n) is 17.4. The number of fused-ring (bicyclic) bond motifs is 2. The fourth-order valence-electron chi connectivity index (χ4n) is 4.22. The van der Waals surface area contributed by atoms with E-state index in [-0.39, 0.29) is 12.3 Å². The zero-order chi connectivity index (χ0) is 21.3. The number of carbonyl (C=O) groups is 3. The van der Waals surface area contributed by atoms with Gasteiger partial charge in [0.05, 0.1) is 17.8 Å². The standard InChI is InChI=1S/C24H26N2O4/c1-24(2)23(29)25-19-9-5-6-10-20(19)26(24)21(27)15-30-22(28)14-16-11-12-17-7-3-4-8-18(17)13-16/h5-6,9-13H,3-4,7-8,14-15H2,1-2H3,(H,25,29). The van der Waals surface area contributed by atoms with Crippen LogP contribution in [0.5, 0.6) is 0 Å². The van der Waals surface area contributed by atoms with Crippen LogP contribution in [0.25, 0.3) is 0 Å². The third-order valence-electron chi connectivity index (χ3n) is 5.88. The van der Waals surface area contributed by atoms with Gasteiger partial charge in [-0.1, -0.05) is 30.3 Å². The smallest absolute Gasteiger partial charge is 0.310 e. The number of hydrogen-bond donors (Lipinski definition) is 1. The first-order valence-electron chi connectivity index (χ1n) is 10.4. The Balaban J connectivity index is 1.43. The number of para-hydroxylation sites is 2. The highest BCUT2D eigenvalue weighted by molar-refractivity contribution is 6.14. The molecule has 0 saturated heterocycles. The lowest BCUT2D eigenvalue weighted by molar-refractivity contribution is -0.147. The van der Waals surface area contributed by atoms with Gasteiger partial charge in [0.2, 0.25) is 5.91 Å². The van der Waals surface area contributed by atoms with Crippen molar-refractivity contribution in [3.8, 4) is 0 Å². The van der Waals surface area contributed by atoms with Gasteiger partial charge in [0, 0.05) is 0 Å². The summed E-state index contributed by atoms with van der Waals surface area (Å²) < 4.78 is 5.29. The fraction of sp³-hybridized carbons (Fsp3) is 0.375. The maximum Gasteiger partial charge on any atom is 0.310 e. The highest BCUT2D eigenvalue weighted by Gasteiger charge is 2.43. The first-order valence-corrected chi connectivity index (χ1v) is 10.4. The summed E-state index contributed by atoms with van der Waals surface area (Å²) in [5.74, 6) is -1.16. The van der Waals surface area contributed by atoms with E-state index in [0.717, 1.165) is 18.4 Å². The number of ether oxygens (including phenoxy) is 1. The molecule has 30 heavy (non-hydrogen) atoms. The third kappa shape index (κ3) is 3.82. The fourth-order valence-corrected chi connectivity index (χ4v) is 4.22. The molecular weight excluding hydrogens is 380 g/mol. The van der Waals surface area contributed by atoms with E-state index < -0.39 is 24.0 Å². The minimum absolute atomic E-state index is 0.126. The van der Waals surface area contributed by atoms with Crippen molar-refractivity contribution in [3.63, 3.8) is 0 Å². The molecule has 0 bridgehead atoms. The van der Waals surface area contributed by atoms with Crippen LogP contribution >= 0.6 is 0 Å². The summed E-state index contributed by atoms with van der Waals surface area (Å²) in [7, 11) is 0. The number of aryl methyl sites for hydroxylation is 2. The number of carbonyl (C=O) groups excluding carboxylic acids is 3. The van der Waals surface area contributed by atoms with Gasteiger partial charge in [-0.15, -0.1) is 0 Å². The second-order valence-electron chi connectivity index (χ2n) is 8.41. The van der Waals surface area contributed by atoms with Gasteiger partial charge in [0.1, 0.15) is 5.54 Å². The molecule has 1 aliphatic heterocycles. The molecule has 6 nitrogen and oxygen atoms in total. The molecule has 0 unspecified atom stereocenters. The van der Waals surface area contributed by atoms with Crippen LogP contribution < -0.4 is 10.2 Å². The summed E-state index contributed by atoms with van der Waals surface area (Å²) in [4.78, 5) is 39.2. The first kappa shape index (κ1) is 20.1. The lowest BCUT2D eigenvalue weighted by Gasteiger charge is -2.41. The van der Waals surface area contributed by atoms with Gasteiger partial charge < -0.3 is 10.1 Å². The van der Waals surface area contributed by atoms with E-state index in [4.69, 9.17) is 4.74 Å². The summed E-state index contributed by atoms with van der Waals surface area (Å²) in [6.45, 7) is 2.94. The number of anilines is 2. The number of esters is 1. The monoisotopic (exact) mass is 406 g/mol. The third-order valence-corrected chi connectivity index (χ3v) is 5.88. The molecule has 2 amide bonds. The van der Waals surface area contributed by atoms with Gasteiger partial charge in [-0.2, -0.15) is 0 Å². The number of hydrogen-bond acceptors (Lipinski definition) is 4. The molecule has 2 aliphatic rings. The second kappa shape index (κ2) is 7.94. The van der Waals surface area contributed by atoms with Crippen molar-refractivity contribution >= 4 is 29.2 Å². The van der Waals surface area contributed by atoms with Gasteiger partial charge in [0.15, 0.2) is 6.61 Å².